The largest absolute Gasteiger partial charge is 0.362 e. The van der Waals surface area contributed by atoms with Gasteiger partial charge in [0.25, 0.3) is 10.2 Å². The zero-order valence-electron chi connectivity index (χ0n) is 14.0. The maximum absolute atomic E-state index is 12.3. The van der Waals surface area contributed by atoms with Crippen LogP contribution in [-0.2, 0) is 23.2 Å². The third-order valence-electron chi connectivity index (χ3n) is 3.61. The average molecular weight is 328 g/mol. The van der Waals surface area contributed by atoms with E-state index >= 15 is 0 Å². The molecule has 1 aliphatic heterocycles. The maximum atomic E-state index is 12.3. The number of hydrogen-bond acceptors (Lipinski definition) is 6. The highest BCUT2D eigenvalue weighted by Gasteiger charge is 2.31. The fourth-order valence-electron chi connectivity index (χ4n) is 2.37. The molecule has 0 atom stereocenters. The van der Waals surface area contributed by atoms with E-state index in [0.29, 0.717) is 18.9 Å². The third-order valence-corrected chi connectivity index (χ3v) is 5.49. The minimum absolute atomic E-state index is 0.278. The summed E-state index contributed by atoms with van der Waals surface area (Å²) in [5, 5.41) is 0. The van der Waals surface area contributed by atoms with Crippen LogP contribution in [0.5, 0.6) is 0 Å². The summed E-state index contributed by atoms with van der Waals surface area (Å²) in [4.78, 5) is 12.9. The first-order valence-electron chi connectivity index (χ1n) is 7.06. The highest BCUT2D eigenvalue weighted by atomic mass is 32.2. The number of rotatable bonds is 4. The second kappa shape index (κ2) is 5.98. The molecule has 0 spiro atoms. The molecule has 0 aliphatic carbocycles. The summed E-state index contributed by atoms with van der Waals surface area (Å²) in [5.41, 5.74) is 1.81. The van der Waals surface area contributed by atoms with E-state index in [0.717, 1.165) is 17.1 Å². The summed E-state index contributed by atoms with van der Waals surface area (Å²) < 4.78 is 27.3. The first-order valence-corrected chi connectivity index (χ1v) is 8.46. The summed E-state index contributed by atoms with van der Waals surface area (Å²) in [6.45, 7) is 0.721. The Labute approximate surface area is 132 Å². The van der Waals surface area contributed by atoms with Crippen molar-refractivity contribution in [2.45, 2.75) is 13.0 Å². The van der Waals surface area contributed by atoms with E-state index in [2.05, 4.69) is 9.97 Å². The molecule has 9 heteroatoms. The van der Waals surface area contributed by atoms with Gasteiger partial charge in [0.2, 0.25) is 5.95 Å². The molecule has 0 bridgehead atoms. The summed E-state index contributed by atoms with van der Waals surface area (Å²) >= 11 is 0. The van der Waals surface area contributed by atoms with Crippen LogP contribution in [0.15, 0.2) is 0 Å². The molecule has 0 unspecified atom stereocenters. The molecule has 0 aromatic carbocycles. The monoisotopic (exact) mass is 328 g/mol. The van der Waals surface area contributed by atoms with Gasteiger partial charge in [-0.25, -0.2) is 4.98 Å². The van der Waals surface area contributed by atoms with Gasteiger partial charge in [-0.3, -0.25) is 0 Å². The molecule has 2 heterocycles. The zero-order valence-corrected chi connectivity index (χ0v) is 14.8. The van der Waals surface area contributed by atoms with Gasteiger partial charge in [0, 0.05) is 54.4 Å². The van der Waals surface area contributed by atoms with Crippen molar-refractivity contribution in [3.8, 4) is 0 Å². The Bertz CT molecular complexity index is 657. The number of hydrogen-bond donors (Lipinski definition) is 0. The number of fused-ring (bicyclic) bond motifs is 1. The predicted octanol–water partition coefficient (Wildman–Crippen LogP) is -0.227. The second-order valence-corrected chi connectivity index (χ2v) is 8.08. The van der Waals surface area contributed by atoms with Crippen molar-refractivity contribution in [1.29, 1.82) is 0 Å². The number of nitrogens with zero attached hydrogens (tertiary/aromatic N) is 6. The van der Waals surface area contributed by atoms with Gasteiger partial charge in [-0.2, -0.15) is 22.0 Å². The van der Waals surface area contributed by atoms with Crippen molar-refractivity contribution in [3.63, 3.8) is 0 Å². The van der Waals surface area contributed by atoms with Crippen LogP contribution in [0.2, 0.25) is 0 Å². The Kier molecular flexibility index (Phi) is 4.59. The van der Waals surface area contributed by atoms with Crippen LogP contribution in [0.3, 0.4) is 0 Å². The fourth-order valence-corrected chi connectivity index (χ4v) is 3.44. The van der Waals surface area contributed by atoms with Crippen molar-refractivity contribution in [2.75, 3.05) is 58.6 Å². The Morgan fingerprint density at radius 1 is 1.00 bits per heavy atom. The molecule has 0 amide bonds. The summed E-state index contributed by atoms with van der Waals surface area (Å²) in [6, 6.07) is 0. The van der Waals surface area contributed by atoms with Gasteiger partial charge >= 0.3 is 0 Å². The van der Waals surface area contributed by atoms with Gasteiger partial charge in [0.15, 0.2) is 0 Å². The van der Waals surface area contributed by atoms with E-state index in [1.54, 1.807) is 14.1 Å². The summed E-state index contributed by atoms with van der Waals surface area (Å²) in [6.07, 6.45) is 0.615. The van der Waals surface area contributed by atoms with Crippen LogP contribution >= 0.6 is 0 Å². The van der Waals surface area contributed by atoms with Crippen LogP contribution in [0, 0.1) is 0 Å². The molecule has 1 aromatic rings. The molecule has 0 saturated carbocycles. The van der Waals surface area contributed by atoms with Gasteiger partial charge in [-0.05, 0) is 6.42 Å². The van der Waals surface area contributed by atoms with Gasteiger partial charge in [0.05, 0.1) is 12.2 Å². The lowest BCUT2D eigenvalue weighted by molar-refractivity contribution is 0.354. The standard InChI is InChI=1S/C13H24N6O2S/c1-16(2)12-10-7-8-19(22(20,21)18(5)6)9-11(10)14-13(15-12)17(3)4/h7-9H2,1-6H3. The lowest BCUT2D eigenvalue weighted by Gasteiger charge is -2.31. The van der Waals surface area contributed by atoms with Crippen molar-refractivity contribution >= 4 is 22.0 Å². The molecule has 124 valence electrons. The van der Waals surface area contributed by atoms with Crippen molar-refractivity contribution in [2.24, 2.45) is 0 Å². The van der Waals surface area contributed by atoms with Crippen LogP contribution in [0.1, 0.15) is 11.3 Å². The maximum Gasteiger partial charge on any atom is 0.281 e. The van der Waals surface area contributed by atoms with Gasteiger partial charge in [0.1, 0.15) is 5.82 Å². The van der Waals surface area contributed by atoms with E-state index in [1.807, 2.05) is 38.0 Å². The van der Waals surface area contributed by atoms with E-state index in [9.17, 15) is 8.42 Å². The van der Waals surface area contributed by atoms with Crippen LogP contribution in [0.25, 0.3) is 0 Å². The molecular weight excluding hydrogens is 304 g/mol. The summed E-state index contributed by atoms with van der Waals surface area (Å²) in [5.74, 6) is 1.45. The SMILES string of the molecule is CN(C)c1nc2c(c(N(C)C)n1)CCN(S(=O)(=O)N(C)C)C2. The van der Waals surface area contributed by atoms with E-state index in [4.69, 9.17) is 0 Å². The Morgan fingerprint density at radius 2 is 1.64 bits per heavy atom. The smallest absolute Gasteiger partial charge is 0.281 e. The van der Waals surface area contributed by atoms with Crippen molar-refractivity contribution < 1.29 is 8.42 Å². The van der Waals surface area contributed by atoms with Crippen molar-refractivity contribution in [1.82, 2.24) is 18.6 Å². The van der Waals surface area contributed by atoms with Gasteiger partial charge in [-0.1, -0.05) is 0 Å². The minimum Gasteiger partial charge on any atom is -0.362 e. The molecule has 8 nitrogen and oxygen atoms in total. The van der Waals surface area contributed by atoms with E-state index in [1.165, 1.54) is 8.61 Å². The van der Waals surface area contributed by atoms with Crippen LogP contribution < -0.4 is 9.80 Å². The minimum atomic E-state index is -3.43. The fraction of sp³-hybridized carbons (Fsp3) is 0.692. The Hall–Kier alpha value is -1.45. The molecule has 0 saturated heterocycles. The molecule has 1 aliphatic rings. The zero-order chi connectivity index (χ0) is 16.7. The molecule has 0 N–H and O–H groups in total. The van der Waals surface area contributed by atoms with Crippen LogP contribution in [-0.4, -0.2) is 75.8 Å². The number of aromatic nitrogens is 2. The van der Waals surface area contributed by atoms with Crippen molar-refractivity contribution in [3.05, 3.63) is 11.3 Å². The van der Waals surface area contributed by atoms with Gasteiger partial charge < -0.3 is 9.80 Å². The van der Waals surface area contributed by atoms with E-state index in [-0.39, 0.29) is 6.54 Å². The highest BCUT2D eigenvalue weighted by molar-refractivity contribution is 7.86. The molecule has 1 aromatic heterocycles. The lowest BCUT2D eigenvalue weighted by atomic mass is 10.1. The molecular formula is C13H24N6O2S. The normalized spacial score (nSPS) is 15.8. The molecule has 22 heavy (non-hydrogen) atoms. The average Bonchev–Trinajstić information content (AvgIpc) is 2.44. The molecule has 0 radical (unpaired) electrons. The molecule has 2 rings (SSSR count). The summed E-state index contributed by atoms with van der Waals surface area (Å²) in [7, 11) is 7.27. The lowest BCUT2D eigenvalue weighted by Crippen LogP contribution is -2.43. The topological polar surface area (TPSA) is 72.9 Å². The van der Waals surface area contributed by atoms with E-state index < -0.39 is 10.2 Å². The first-order chi connectivity index (χ1) is 10.1. The third kappa shape index (κ3) is 3.01. The second-order valence-electron chi connectivity index (χ2n) is 5.94. The number of anilines is 2. The first kappa shape index (κ1) is 16.9. The Morgan fingerprint density at radius 3 is 2.14 bits per heavy atom. The van der Waals surface area contributed by atoms with Crippen LogP contribution in [0.4, 0.5) is 11.8 Å². The Balaban J connectivity index is 2.47. The molecule has 0 fully saturated rings. The predicted molar refractivity (Wildman–Crippen MR) is 87.4 cm³/mol. The quantitative estimate of drug-likeness (QED) is 0.760. The highest BCUT2D eigenvalue weighted by Crippen LogP contribution is 2.28. The van der Waals surface area contributed by atoms with Gasteiger partial charge in [-0.15, -0.1) is 0 Å².